The standard InChI is InChI=1S/C24H27N3O3/c25-15-19(26-20(16-28)17-7-3-1-4-8-17)22-21(18-9-5-2-6-10-18)23(22)24(29)27-11-13-30-14-12-27/h1-10,19-23,26,28H,11-14,16H2/t19-,20+,21-,22-,23-/m1/s1. The lowest BCUT2D eigenvalue weighted by Gasteiger charge is -2.27. The maximum Gasteiger partial charge on any atom is 0.226 e. The summed E-state index contributed by atoms with van der Waals surface area (Å²) >= 11 is 0. The van der Waals surface area contributed by atoms with Gasteiger partial charge >= 0.3 is 0 Å². The summed E-state index contributed by atoms with van der Waals surface area (Å²) in [5.41, 5.74) is 2.00. The van der Waals surface area contributed by atoms with Crippen LogP contribution in [0.4, 0.5) is 0 Å². The first-order valence-corrected chi connectivity index (χ1v) is 10.5. The van der Waals surface area contributed by atoms with Crippen LogP contribution in [0.25, 0.3) is 0 Å². The molecule has 6 heteroatoms. The third-order valence-electron chi connectivity index (χ3n) is 6.16. The van der Waals surface area contributed by atoms with Crippen molar-refractivity contribution in [2.45, 2.75) is 18.0 Å². The number of aliphatic hydroxyl groups excluding tert-OH is 1. The number of nitriles is 1. The second-order valence-corrected chi connectivity index (χ2v) is 7.90. The Labute approximate surface area is 177 Å². The Morgan fingerprint density at radius 1 is 1.13 bits per heavy atom. The van der Waals surface area contributed by atoms with E-state index in [-0.39, 0.29) is 36.3 Å². The molecule has 1 saturated heterocycles. The number of hydrogen-bond acceptors (Lipinski definition) is 5. The number of nitrogens with one attached hydrogen (secondary N) is 1. The lowest BCUT2D eigenvalue weighted by atomic mass is 10.0. The number of aliphatic hydroxyl groups is 1. The monoisotopic (exact) mass is 405 g/mol. The van der Waals surface area contributed by atoms with Gasteiger partial charge in [0.1, 0.15) is 6.04 Å². The summed E-state index contributed by atoms with van der Waals surface area (Å²) in [7, 11) is 0. The molecule has 1 amide bonds. The summed E-state index contributed by atoms with van der Waals surface area (Å²) in [6, 6.07) is 21.0. The fraction of sp³-hybridized carbons (Fsp3) is 0.417. The van der Waals surface area contributed by atoms with Crippen molar-refractivity contribution in [3.05, 3.63) is 71.8 Å². The van der Waals surface area contributed by atoms with Crippen LogP contribution in [0.5, 0.6) is 0 Å². The summed E-state index contributed by atoms with van der Waals surface area (Å²) in [5, 5.41) is 23.2. The first kappa shape index (κ1) is 20.5. The highest BCUT2D eigenvalue weighted by atomic mass is 16.5. The molecule has 1 aliphatic carbocycles. The number of carbonyl (C=O) groups is 1. The van der Waals surface area contributed by atoms with Gasteiger partial charge in [-0.15, -0.1) is 0 Å². The van der Waals surface area contributed by atoms with Gasteiger partial charge in [-0.25, -0.2) is 0 Å². The van der Waals surface area contributed by atoms with Gasteiger partial charge < -0.3 is 14.7 Å². The molecule has 0 aromatic heterocycles. The lowest BCUT2D eigenvalue weighted by molar-refractivity contribution is -0.137. The third-order valence-corrected chi connectivity index (χ3v) is 6.16. The largest absolute Gasteiger partial charge is 0.394 e. The molecule has 1 heterocycles. The number of amides is 1. The van der Waals surface area contributed by atoms with Crippen molar-refractivity contribution >= 4 is 5.91 Å². The van der Waals surface area contributed by atoms with Crippen molar-refractivity contribution in [2.24, 2.45) is 11.8 Å². The van der Waals surface area contributed by atoms with Gasteiger partial charge in [-0.2, -0.15) is 5.26 Å². The number of ether oxygens (including phenoxy) is 1. The average Bonchev–Trinajstić information content (AvgIpc) is 3.56. The quantitative estimate of drug-likeness (QED) is 0.737. The topological polar surface area (TPSA) is 85.6 Å². The zero-order chi connectivity index (χ0) is 20.9. The number of hydrogen-bond donors (Lipinski definition) is 2. The molecule has 0 bridgehead atoms. The van der Waals surface area contributed by atoms with Crippen LogP contribution in [0.3, 0.4) is 0 Å². The Kier molecular flexibility index (Phi) is 6.44. The van der Waals surface area contributed by atoms with Gasteiger partial charge in [0, 0.05) is 24.9 Å². The van der Waals surface area contributed by atoms with Gasteiger partial charge in [-0.1, -0.05) is 60.7 Å². The smallest absolute Gasteiger partial charge is 0.226 e. The van der Waals surface area contributed by atoms with E-state index >= 15 is 0 Å². The van der Waals surface area contributed by atoms with Crippen LogP contribution in [-0.2, 0) is 9.53 Å². The molecule has 5 atom stereocenters. The molecule has 0 unspecified atom stereocenters. The fourth-order valence-corrected chi connectivity index (χ4v) is 4.56. The normalized spacial score (nSPS) is 25.2. The number of rotatable bonds is 7. The van der Waals surface area contributed by atoms with Crippen LogP contribution < -0.4 is 5.32 Å². The zero-order valence-corrected chi connectivity index (χ0v) is 16.9. The van der Waals surface area contributed by atoms with E-state index in [1.54, 1.807) is 0 Å². The molecule has 2 aromatic carbocycles. The predicted molar refractivity (Wildman–Crippen MR) is 112 cm³/mol. The van der Waals surface area contributed by atoms with Crippen molar-refractivity contribution in [1.29, 1.82) is 5.26 Å². The van der Waals surface area contributed by atoms with Gasteiger partial charge in [0.25, 0.3) is 0 Å². The average molecular weight is 405 g/mol. The maximum atomic E-state index is 13.3. The number of morpholine rings is 1. The minimum Gasteiger partial charge on any atom is -0.394 e. The molecular formula is C24H27N3O3. The van der Waals surface area contributed by atoms with Crippen molar-refractivity contribution in [1.82, 2.24) is 10.2 Å². The van der Waals surface area contributed by atoms with E-state index in [0.717, 1.165) is 11.1 Å². The van der Waals surface area contributed by atoms with Crippen LogP contribution in [-0.4, -0.2) is 54.9 Å². The molecule has 1 aliphatic heterocycles. The molecule has 2 N–H and O–H groups in total. The van der Waals surface area contributed by atoms with Crippen LogP contribution >= 0.6 is 0 Å². The van der Waals surface area contributed by atoms with Crippen LogP contribution in [0.2, 0.25) is 0 Å². The van der Waals surface area contributed by atoms with E-state index in [1.165, 1.54) is 0 Å². The number of nitrogens with zero attached hydrogens (tertiary/aromatic N) is 2. The molecule has 2 fully saturated rings. The Morgan fingerprint density at radius 2 is 1.77 bits per heavy atom. The third kappa shape index (κ3) is 4.24. The van der Waals surface area contributed by atoms with E-state index in [1.807, 2.05) is 65.6 Å². The van der Waals surface area contributed by atoms with Crippen molar-refractivity contribution in [3.8, 4) is 6.07 Å². The molecular weight excluding hydrogens is 378 g/mol. The van der Waals surface area contributed by atoms with E-state index in [0.29, 0.717) is 26.3 Å². The molecule has 4 rings (SSSR count). The maximum absolute atomic E-state index is 13.3. The van der Waals surface area contributed by atoms with Crippen molar-refractivity contribution in [2.75, 3.05) is 32.9 Å². The minimum absolute atomic E-state index is 0.00573. The SMILES string of the molecule is N#C[C@@H](N[C@@H](CO)c1ccccc1)[C@H]1[C@H](C(=O)N2CCOCC2)[C@@H]1c1ccccc1. The Morgan fingerprint density at radius 3 is 2.37 bits per heavy atom. The fourth-order valence-electron chi connectivity index (χ4n) is 4.56. The second kappa shape index (κ2) is 9.40. The summed E-state index contributed by atoms with van der Waals surface area (Å²) in [6.07, 6.45) is 0. The van der Waals surface area contributed by atoms with E-state index in [4.69, 9.17) is 4.74 Å². The molecule has 156 valence electrons. The summed E-state index contributed by atoms with van der Waals surface area (Å²) in [5.74, 6) is -0.281. The highest BCUT2D eigenvalue weighted by Crippen LogP contribution is 2.56. The predicted octanol–water partition coefficient (Wildman–Crippen LogP) is 2.09. The first-order chi connectivity index (χ1) is 14.7. The van der Waals surface area contributed by atoms with E-state index < -0.39 is 6.04 Å². The highest BCUT2D eigenvalue weighted by molar-refractivity contribution is 5.84. The van der Waals surface area contributed by atoms with Crippen LogP contribution in [0.15, 0.2) is 60.7 Å². The van der Waals surface area contributed by atoms with Crippen molar-refractivity contribution < 1.29 is 14.6 Å². The van der Waals surface area contributed by atoms with Gasteiger partial charge in [0.2, 0.25) is 5.91 Å². The summed E-state index contributed by atoms with van der Waals surface area (Å²) < 4.78 is 5.39. The minimum atomic E-state index is -0.539. The molecule has 2 aliphatic rings. The molecule has 6 nitrogen and oxygen atoms in total. The molecule has 30 heavy (non-hydrogen) atoms. The van der Waals surface area contributed by atoms with E-state index in [2.05, 4.69) is 11.4 Å². The van der Waals surface area contributed by atoms with Gasteiger partial charge in [0.05, 0.1) is 37.8 Å². The van der Waals surface area contributed by atoms with Gasteiger partial charge in [-0.05, 0) is 11.1 Å². The molecule has 1 saturated carbocycles. The highest BCUT2D eigenvalue weighted by Gasteiger charge is 2.60. The number of carbonyl (C=O) groups excluding carboxylic acids is 1. The van der Waals surface area contributed by atoms with Gasteiger partial charge in [0.15, 0.2) is 0 Å². The Balaban J connectivity index is 1.56. The van der Waals surface area contributed by atoms with Gasteiger partial charge in [-0.3, -0.25) is 10.1 Å². The molecule has 0 radical (unpaired) electrons. The molecule has 2 aromatic rings. The van der Waals surface area contributed by atoms with Crippen molar-refractivity contribution in [3.63, 3.8) is 0 Å². The Hall–Kier alpha value is -2.72. The summed E-state index contributed by atoms with van der Waals surface area (Å²) in [6.45, 7) is 2.18. The zero-order valence-electron chi connectivity index (χ0n) is 16.9. The first-order valence-electron chi connectivity index (χ1n) is 10.5. The van der Waals surface area contributed by atoms with E-state index in [9.17, 15) is 15.2 Å². The van der Waals surface area contributed by atoms with Crippen LogP contribution in [0, 0.1) is 23.2 Å². The second-order valence-electron chi connectivity index (χ2n) is 7.90. The lowest BCUT2D eigenvalue weighted by Crippen LogP contribution is -2.43. The Bertz CT molecular complexity index is 878. The number of benzene rings is 2. The van der Waals surface area contributed by atoms with Crippen LogP contribution in [0.1, 0.15) is 23.1 Å². The summed E-state index contributed by atoms with van der Waals surface area (Å²) in [4.78, 5) is 15.1. The molecule has 0 spiro atoms.